The number of nitrogens with zero attached hydrogens (tertiary/aromatic N) is 1. The molecule has 1 saturated heterocycles. The third-order valence-electron chi connectivity index (χ3n) is 4.36. The van der Waals surface area contributed by atoms with Gasteiger partial charge in [-0.2, -0.15) is 0 Å². The van der Waals surface area contributed by atoms with Gasteiger partial charge in [0.15, 0.2) is 6.04 Å². The molecule has 2 N–H and O–H groups in total. The Labute approximate surface area is 118 Å². The SMILES string of the molecule is C[C@H](C(=O)N1CCNC1=O)[NH+]1CCc2ccccc2C1. The maximum atomic E-state index is 12.4. The number of fused-ring (bicyclic) bond motifs is 1. The van der Waals surface area contributed by atoms with E-state index in [4.69, 9.17) is 0 Å². The van der Waals surface area contributed by atoms with Crippen molar-refractivity contribution >= 4 is 11.9 Å². The molecule has 3 amide bonds. The molecule has 0 saturated carbocycles. The van der Waals surface area contributed by atoms with Gasteiger partial charge < -0.3 is 10.2 Å². The lowest BCUT2D eigenvalue weighted by molar-refractivity contribution is -0.930. The summed E-state index contributed by atoms with van der Waals surface area (Å²) in [5.41, 5.74) is 2.70. The van der Waals surface area contributed by atoms with E-state index >= 15 is 0 Å². The van der Waals surface area contributed by atoms with Crippen molar-refractivity contribution in [1.82, 2.24) is 10.2 Å². The summed E-state index contributed by atoms with van der Waals surface area (Å²) in [6.45, 7) is 4.79. The molecule has 1 fully saturated rings. The molecule has 2 aliphatic heterocycles. The third kappa shape index (κ3) is 2.29. The molecular weight excluding hydrogens is 254 g/mol. The summed E-state index contributed by atoms with van der Waals surface area (Å²) in [5, 5.41) is 2.68. The summed E-state index contributed by atoms with van der Waals surface area (Å²) >= 11 is 0. The summed E-state index contributed by atoms with van der Waals surface area (Å²) in [5.74, 6) is -0.0608. The van der Waals surface area contributed by atoms with Gasteiger partial charge in [-0.3, -0.25) is 9.69 Å². The lowest BCUT2D eigenvalue weighted by Crippen LogP contribution is -3.16. The van der Waals surface area contributed by atoms with Gasteiger partial charge in [0, 0.05) is 25.1 Å². The van der Waals surface area contributed by atoms with Gasteiger partial charge in [0.1, 0.15) is 6.54 Å². The van der Waals surface area contributed by atoms with Gasteiger partial charge in [-0.25, -0.2) is 4.79 Å². The average Bonchev–Trinajstić information content (AvgIpc) is 2.91. The summed E-state index contributed by atoms with van der Waals surface area (Å²) in [6, 6.07) is 7.97. The fraction of sp³-hybridized carbons (Fsp3) is 0.467. The van der Waals surface area contributed by atoms with E-state index < -0.39 is 0 Å². The first kappa shape index (κ1) is 13.1. The molecule has 2 heterocycles. The van der Waals surface area contributed by atoms with E-state index in [1.165, 1.54) is 20.9 Å². The van der Waals surface area contributed by atoms with Gasteiger partial charge in [0.25, 0.3) is 5.91 Å². The quantitative estimate of drug-likeness (QED) is 0.769. The number of imide groups is 1. The second-order valence-electron chi connectivity index (χ2n) is 5.55. The van der Waals surface area contributed by atoms with Crippen molar-refractivity contribution in [3.63, 3.8) is 0 Å². The number of hydrogen-bond acceptors (Lipinski definition) is 2. The molecule has 1 aromatic carbocycles. The number of rotatable bonds is 2. The van der Waals surface area contributed by atoms with Crippen LogP contribution in [-0.4, -0.2) is 42.5 Å². The molecule has 2 aliphatic rings. The van der Waals surface area contributed by atoms with Gasteiger partial charge in [-0.15, -0.1) is 0 Å². The highest BCUT2D eigenvalue weighted by molar-refractivity contribution is 5.97. The lowest BCUT2D eigenvalue weighted by atomic mass is 9.98. The zero-order chi connectivity index (χ0) is 14.1. The van der Waals surface area contributed by atoms with Crippen LogP contribution in [0.2, 0.25) is 0 Å². The van der Waals surface area contributed by atoms with Crippen LogP contribution in [0.4, 0.5) is 4.79 Å². The fourth-order valence-corrected chi connectivity index (χ4v) is 3.06. The minimum atomic E-state index is -0.251. The highest BCUT2D eigenvalue weighted by Gasteiger charge is 2.36. The Balaban J connectivity index is 1.71. The molecular formula is C15H20N3O2+. The first-order valence-electron chi connectivity index (χ1n) is 7.17. The van der Waals surface area contributed by atoms with Crippen LogP contribution in [0.25, 0.3) is 0 Å². The third-order valence-corrected chi connectivity index (χ3v) is 4.36. The lowest BCUT2D eigenvalue weighted by Gasteiger charge is -2.31. The molecule has 5 heteroatoms. The fourth-order valence-electron chi connectivity index (χ4n) is 3.06. The van der Waals surface area contributed by atoms with Gasteiger partial charge >= 0.3 is 6.03 Å². The van der Waals surface area contributed by atoms with Crippen LogP contribution in [0.1, 0.15) is 18.1 Å². The zero-order valence-corrected chi connectivity index (χ0v) is 11.7. The van der Waals surface area contributed by atoms with Crippen LogP contribution in [0, 0.1) is 0 Å². The van der Waals surface area contributed by atoms with Crippen LogP contribution in [-0.2, 0) is 17.8 Å². The van der Waals surface area contributed by atoms with Crippen LogP contribution >= 0.6 is 0 Å². The van der Waals surface area contributed by atoms with Crippen LogP contribution in [0.15, 0.2) is 24.3 Å². The average molecular weight is 274 g/mol. The van der Waals surface area contributed by atoms with Gasteiger partial charge in [-0.05, 0) is 12.5 Å². The normalized spacial score (nSPS) is 23.1. The van der Waals surface area contributed by atoms with E-state index in [1.807, 2.05) is 13.0 Å². The van der Waals surface area contributed by atoms with Crippen molar-refractivity contribution in [3.05, 3.63) is 35.4 Å². The number of quaternary nitrogens is 1. The van der Waals surface area contributed by atoms with Crippen molar-refractivity contribution < 1.29 is 14.5 Å². The van der Waals surface area contributed by atoms with Crippen LogP contribution in [0.3, 0.4) is 0 Å². The molecule has 20 heavy (non-hydrogen) atoms. The number of carbonyl (C=O) groups excluding carboxylic acids is 2. The second kappa shape index (κ2) is 5.25. The molecule has 1 unspecified atom stereocenters. The number of carbonyl (C=O) groups is 2. The Kier molecular flexibility index (Phi) is 3.44. The summed E-state index contributed by atoms with van der Waals surface area (Å²) in [6.07, 6.45) is 0.995. The van der Waals surface area contributed by atoms with E-state index in [0.29, 0.717) is 13.1 Å². The first-order valence-corrected chi connectivity index (χ1v) is 7.17. The molecule has 106 valence electrons. The minimum absolute atomic E-state index is 0.0608. The number of benzene rings is 1. The van der Waals surface area contributed by atoms with Crippen molar-refractivity contribution in [2.45, 2.75) is 25.9 Å². The summed E-state index contributed by atoms with van der Waals surface area (Å²) < 4.78 is 0. The van der Waals surface area contributed by atoms with Gasteiger partial charge in [0.2, 0.25) is 0 Å². The highest BCUT2D eigenvalue weighted by Crippen LogP contribution is 2.11. The maximum absolute atomic E-state index is 12.4. The smallest absolute Gasteiger partial charge is 0.324 e. The molecule has 0 spiro atoms. The predicted molar refractivity (Wildman–Crippen MR) is 74.3 cm³/mol. The second-order valence-corrected chi connectivity index (χ2v) is 5.55. The van der Waals surface area contributed by atoms with E-state index in [0.717, 1.165) is 19.5 Å². The minimum Gasteiger partial charge on any atom is -0.336 e. The zero-order valence-electron chi connectivity index (χ0n) is 11.7. The van der Waals surface area contributed by atoms with Crippen molar-refractivity contribution in [2.24, 2.45) is 0 Å². The highest BCUT2D eigenvalue weighted by atomic mass is 16.2. The van der Waals surface area contributed by atoms with E-state index in [-0.39, 0.29) is 18.0 Å². The van der Waals surface area contributed by atoms with E-state index in [1.54, 1.807) is 0 Å². The van der Waals surface area contributed by atoms with Crippen LogP contribution in [0.5, 0.6) is 0 Å². The maximum Gasteiger partial charge on any atom is 0.324 e. The molecule has 0 aromatic heterocycles. The van der Waals surface area contributed by atoms with Crippen molar-refractivity contribution in [1.29, 1.82) is 0 Å². The van der Waals surface area contributed by atoms with Crippen molar-refractivity contribution in [3.8, 4) is 0 Å². The van der Waals surface area contributed by atoms with Gasteiger partial charge in [0.05, 0.1) is 6.54 Å². The van der Waals surface area contributed by atoms with Crippen molar-refractivity contribution in [2.75, 3.05) is 19.6 Å². The Morgan fingerprint density at radius 3 is 2.80 bits per heavy atom. The summed E-state index contributed by atoms with van der Waals surface area (Å²) in [7, 11) is 0. The Hall–Kier alpha value is -1.88. The largest absolute Gasteiger partial charge is 0.336 e. The van der Waals surface area contributed by atoms with Crippen LogP contribution < -0.4 is 10.2 Å². The predicted octanol–water partition coefficient (Wildman–Crippen LogP) is -0.432. The molecule has 1 aromatic rings. The Morgan fingerprint density at radius 1 is 1.35 bits per heavy atom. The molecule has 5 nitrogen and oxygen atoms in total. The number of amides is 3. The number of nitrogens with one attached hydrogen (secondary N) is 2. The van der Waals surface area contributed by atoms with Gasteiger partial charge in [-0.1, -0.05) is 24.3 Å². The number of hydrogen-bond donors (Lipinski definition) is 2. The Morgan fingerprint density at radius 2 is 2.10 bits per heavy atom. The first-order chi connectivity index (χ1) is 9.66. The Bertz CT molecular complexity index is 544. The molecule has 2 atom stereocenters. The molecule has 0 aliphatic carbocycles. The molecule has 0 radical (unpaired) electrons. The monoisotopic (exact) mass is 274 g/mol. The molecule has 3 rings (SSSR count). The standard InChI is InChI=1S/C15H19N3O2/c1-11(14(19)18-9-7-16-15(18)20)17-8-6-12-4-2-3-5-13(12)10-17/h2-5,11H,6-10H2,1H3,(H,16,20)/p+1/t11-/m1/s1. The number of urea groups is 1. The molecule has 0 bridgehead atoms. The van der Waals surface area contributed by atoms with E-state index in [2.05, 4.69) is 23.5 Å². The topological polar surface area (TPSA) is 53.9 Å². The van der Waals surface area contributed by atoms with E-state index in [9.17, 15) is 9.59 Å². The summed E-state index contributed by atoms with van der Waals surface area (Å²) in [4.78, 5) is 26.6.